The van der Waals surface area contributed by atoms with Crippen LogP contribution in [0.5, 0.6) is 0 Å². The van der Waals surface area contributed by atoms with Gasteiger partial charge in [0, 0.05) is 30.3 Å². The zero-order valence-electron chi connectivity index (χ0n) is 11.8. The van der Waals surface area contributed by atoms with Gasteiger partial charge in [0.2, 0.25) is 0 Å². The van der Waals surface area contributed by atoms with Gasteiger partial charge >= 0.3 is 0 Å². The van der Waals surface area contributed by atoms with Crippen molar-refractivity contribution in [3.8, 4) is 0 Å². The molecule has 0 bridgehead atoms. The van der Waals surface area contributed by atoms with Gasteiger partial charge in [0.05, 0.1) is 0 Å². The molecule has 0 saturated carbocycles. The van der Waals surface area contributed by atoms with Crippen LogP contribution < -0.4 is 5.32 Å². The van der Waals surface area contributed by atoms with Crippen LogP contribution in [0.1, 0.15) is 38.2 Å². The van der Waals surface area contributed by atoms with Crippen LogP contribution in [0.25, 0.3) is 0 Å². The summed E-state index contributed by atoms with van der Waals surface area (Å²) in [6.07, 6.45) is 0. The Hall–Kier alpha value is -1.16. The van der Waals surface area contributed by atoms with E-state index < -0.39 is 0 Å². The topological polar surface area (TPSA) is 41.0 Å². The van der Waals surface area contributed by atoms with Crippen molar-refractivity contribution in [2.24, 2.45) is 0 Å². The van der Waals surface area contributed by atoms with E-state index in [9.17, 15) is 0 Å². The normalized spacial score (nSPS) is 13.2. The molecule has 1 unspecified atom stereocenters. The Labute approximate surface area is 104 Å². The average Bonchev–Trinajstić information content (AvgIpc) is 2.14. The minimum atomic E-state index is 0.361. The van der Waals surface area contributed by atoms with Crippen LogP contribution in [0.15, 0.2) is 6.07 Å². The molecule has 4 heteroatoms. The van der Waals surface area contributed by atoms with Crippen LogP contribution in [-0.2, 0) is 0 Å². The molecule has 0 radical (unpaired) electrons. The quantitative estimate of drug-likeness (QED) is 0.851. The molecule has 0 amide bonds. The third kappa shape index (κ3) is 4.69. The fraction of sp³-hybridized carbons (Fsp3) is 0.692. The molecule has 0 spiro atoms. The Bertz CT molecular complexity index is 360. The summed E-state index contributed by atoms with van der Waals surface area (Å²) in [7, 11) is 4.14. The van der Waals surface area contributed by atoms with Gasteiger partial charge in [-0.15, -0.1) is 0 Å². The molecule has 0 fully saturated rings. The zero-order chi connectivity index (χ0) is 13.0. The second-order valence-electron chi connectivity index (χ2n) is 5.22. The largest absolute Gasteiger partial charge is 0.366 e. The van der Waals surface area contributed by atoms with E-state index in [2.05, 4.69) is 55.1 Å². The summed E-state index contributed by atoms with van der Waals surface area (Å²) in [5, 5.41) is 3.42. The fourth-order valence-corrected chi connectivity index (χ4v) is 1.77. The van der Waals surface area contributed by atoms with E-state index in [4.69, 9.17) is 0 Å². The van der Waals surface area contributed by atoms with Crippen LogP contribution >= 0.6 is 0 Å². The van der Waals surface area contributed by atoms with Gasteiger partial charge in [0.15, 0.2) is 0 Å². The Morgan fingerprint density at radius 1 is 1.24 bits per heavy atom. The first-order valence-electron chi connectivity index (χ1n) is 6.15. The molecule has 1 aromatic heterocycles. The number of likely N-dealkylation sites (N-methyl/N-ethyl adjacent to an activating group) is 1. The molecule has 0 aromatic carbocycles. The number of nitrogens with zero attached hydrogens (tertiary/aromatic N) is 3. The Morgan fingerprint density at radius 2 is 1.88 bits per heavy atom. The third-order valence-corrected chi connectivity index (χ3v) is 2.42. The highest BCUT2D eigenvalue weighted by atomic mass is 15.1. The summed E-state index contributed by atoms with van der Waals surface area (Å²) in [5.41, 5.74) is 1.02. The molecule has 1 atom stereocenters. The maximum absolute atomic E-state index is 4.54. The van der Waals surface area contributed by atoms with Crippen LogP contribution in [0.2, 0.25) is 0 Å². The monoisotopic (exact) mass is 236 g/mol. The van der Waals surface area contributed by atoms with Crippen molar-refractivity contribution in [3.05, 3.63) is 17.6 Å². The van der Waals surface area contributed by atoms with Gasteiger partial charge in [-0.3, -0.25) is 0 Å². The standard InChI is InChI=1S/C13H24N4/c1-9(2)13-15-10(3)7-12(16-13)14-11(4)8-17(5)6/h7,9,11H,8H2,1-6H3,(H,14,15,16). The summed E-state index contributed by atoms with van der Waals surface area (Å²) in [6.45, 7) is 9.38. The first-order valence-corrected chi connectivity index (χ1v) is 6.15. The summed E-state index contributed by atoms with van der Waals surface area (Å²) in [5.74, 6) is 2.19. The summed E-state index contributed by atoms with van der Waals surface area (Å²) in [6, 6.07) is 2.37. The lowest BCUT2D eigenvalue weighted by molar-refractivity contribution is 0.392. The van der Waals surface area contributed by atoms with Crippen molar-refractivity contribution in [3.63, 3.8) is 0 Å². The summed E-state index contributed by atoms with van der Waals surface area (Å²) in [4.78, 5) is 11.1. The lowest BCUT2D eigenvalue weighted by atomic mass is 10.2. The van der Waals surface area contributed by atoms with Crippen LogP contribution in [-0.4, -0.2) is 41.5 Å². The third-order valence-electron chi connectivity index (χ3n) is 2.42. The highest BCUT2D eigenvalue weighted by Crippen LogP contribution is 2.14. The van der Waals surface area contributed by atoms with Crippen molar-refractivity contribution >= 4 is 5.82 Å². The summed E-state index contributed by atoms with van der Waals surface area (Å²) >= 11 is 0. The smallest absolute Gasteiger partial charge is 0.133 e. The van der Waals surface area contributed by atoms with Crippen molar-refractivity contribution in [2.75, 3.05) is 26.0 Å². The van der Waals surface area contributed by atoms with E-state index in [1.807, 2.05) is 13.0 Å². The number of rotatable bonds is 5. The lowest BCUT2D eigenvalue weighted by Gasteiger charge is -2.19. The van der Waals surface area contributed by atoms with Crippen LogP contribution in [0.3, 0.4) is 0 Å². The second kappa shape index (κ2) is 5.96. The summed E-state index contributed by atoms with van der Waals surface area (Å²) < 4.78 is 0. The molecule has 0 aliphatic carbocycles. The molecule has 0 aliphatic heterocycles. The number of hydrogen-bond donors (Lipinski definition) is 1. The van der Waals surface area contributed by atoms with Crippen LogP contribution in [0.4, 0.5) is 5.82 Å². The van der Waals surface area contributed by atoms with E-state index in [-0.39, 0.29) is 0 Å². The van der Waals surface area contributed by atoms with Gasteiger partial charge in [-0.25, -0.2) is 9.97 Å². The van der Waals surface area contributed by atoms with Crippen molar-refractivity contribution in [1.29, 1.82) is 0 Å². The van der Waals surface area contributed by atoms with E-state index in [0.29, 0.717) is 12.0 Å². The molecular formula is C13H24N4. The second-order valence-corrected chi connectivity index (χ2v) is 5.22. The van der Waals surface area contributed by atoms with Gasteiger partial charge in [-0.1, -0.05) is 13.8 Å². The van der Waals surface area contributed by atoms with E-state index in [0.717, 1.165) is 23.9 Å². The van der Waals surface area contributed by atoms with Gasteiger partial charge in [-0.05, 0) is 27.9 Å². The average molecular weight is 236 g/mol. The molecule has 0 saturated heterocycles. The Morgan fingerprint density at radius 3 is 2.41 bits per heavy atom. The fourth-order valence-electron chi connectivity index (χ4n) is 1.77. The molecule has 1 N–H and O–H groups in total. The number of anilines is 1. The molecule has 1 heterocycles. The van der Waals surface area contributed by atoms with Crippen LogP contribution in [0, 0.1) is 6.92 Å². The molecule has 17 heavy (non-hydrogen) atoms. The molecular weight excluding hydrogens is 212 g/mol. The number of hydrogen-bond acceptors (Lipinski definition) is 4. The van der Waals surface area contributed by atoms with Gasteiger partial charge in [0.1, 0.15) is 11.6 Å². The maximum Gasteiger partial charge on any atom is 0.133 e. The lowest BCUT2D eigenvalue weighted by Crippen LogP contribution is -2.30. The van der Waals surface area contributed by atoms with E-state index in [1.165, 1.54) is 0 Å². The van der Waals surface area contributed by atoms with Gasteiger partial charge < -0.3 is 10.2 Å². The predicted molar refractivity (Wildman–Crippen MR) is 72.5 cm³/mol. The van der Waals surface area contributed by atoms with Gasteiger partial charge in [-0.2, -0.15) is 0 Å². The number of aryl methyl sites for hydroxylation is 1. The molecule has 4 nitrogen and oxygen atoms in total. The van der Waals surface area contributed by atoms with Crippen molar-refractivity contribution in [2.45, 2.75) is 39.7 Å². The number of nitrogens with one attached hydrogen (secondary N) is 1. The highest BCUT2D eigenvalue weighted by Gasteiger charge is 2.08. The van der Waals surface area contributed by atoms with Gasteiger partial charge in [0.25, 0.3) is 0 Å². The molecule has 1 aromatic rings. The maximum atomic E-state index is 4.54. The Kier molecular flexibility index (Phi) is 4.87. The van der Waals surface area contributed by atoms with Crippen molar-refractivity contribution < 1.29 is 0 Å². The molecule has 96 valence electrons. The number of aromatic nitrogens is 2. The minimum Gasteiger partial charge on any atom is -0.366 e. The Balaban J connectivity index is 2.77. The first kappa shape index (κ1) is 13.9. The SMILES string of the molecule is Cc1cc(NC(C)CN(C)C)nc(C(C)C)n1. The molecule has 0 aliphatic rings. The molecule has 1 rings (SSSR count). The minimum absolute atomic E-state index is 0.361. The zero-order valence-corrected chi connectivity index (χ0v) is 11.8. The first-order chi connectivity index (χ1) is 7.88. The highest BCUT2D eigenvalue weighted by molar-refractivity contribution is 5.37. The predicted octanol–water partition coefficient (Wildman–Crippen LogP) is 2.27. The van der Waals surface area contributed by atoms with E-state index in [1.54, 1.807) is 0 Å². The van der Waals surface area contributed by atoms with Crippen molar-refractivity contribution in [1.82, 2.24) is 14.9 Å². The van der Waals surface area contributed by atoms with E-state index >= 15 is 0 Å².